The molecule has 2 rings (SSSR count). The summed E-state index contributed by atoms with van der Waals surface area (Å²) in [6.07, 6.45) is 2.25. The SMILES string of the molecule is N#CCCn1nccc1-c1ccccc1. The van der Waals surface area contributed by atoms with Gasteiger partial charge in [0, 0.05) is 6.20 Å². The van der Waals surface area contributed by atoms with E-state index in [0.29, 0.717) is 13.0 Å². The first kappa shape index (κ1) is 9.47. The number of rotatable bonds is 3. The van der Waals surface area contributed by atoms with Crippen molar-refractivity contribution < 1.29 is 0 Å². The van der Waals surface area contributed by atoms with Crippen LogP contribution >= 0.6 is 0 Å². The van der Waals surface area contributed by atoms with E-state index >= 15 is 0 Å². The summed E-state index contributed by atoms with van der Waals surface area (Å²) in [6.45, 7) is 0.647. The molecule has 0 radical (unpaired) electrons. The van der Waals surface area contributed by atoms with E-state index in [9.17, 15) is 0 Å². The monoisotopic (exact) mass is 197 g/mol. The summed E-state index contributed by atoms with van der Waals surface area (Å²) >= 11 is 0. The average Bonchev–Trinajstić information content (AvgIpc) is 2.75. The number of nitriles is 1. The molecule has 0 saturated carbocycles. The highest BCUT2D eigenvalue weighted by Crippen LogP contribution is 2.18. The second-order valence-electron chi connectivity index (χ2n) is 3.21. The Bertz CT molecular complexity index is 465. The maximum atomic E-state index is 8.54. The van der Waals surface area contributed by atoms with Gasteiger partial charge in [0.2, 0.25) is 0 Å². The predicted molar refractivity (Wildman–Crippen MR) is 57.9 cm³/mol. The van der Waals surface area contributed by atoms with E-state index in [1.54, 1.807) is 6.20 Å². The van der Waals surface area contributed by atoms with Crippen LogP contribution in [0.25, 0.3) is 11.3 Å². The van der Waals surface area contributed by atoms with Crippen molar-refractivity contribution in [2.45, 2.75) is 13.0 Å². The average molecular weight is 197 g/mol. The molecule has 0 aliphatic carbocycles. The topological polar surface area (TPSA) is 41.6 Å². The van der Waals surface area contributed by atoms with Crippen molar-refractivity contribution in [1.29, 1.82) is 5.26 Å². The number of hydrogen-bond acceptors (Lipinski definition) is 2. The minimum Gasteiger partial charge on any atom is -0.264 e. The van der Waals surface area contributed by atoms with E-state index < -0.39 is 0 Å². The fourth-order valence-corrected chi connectivity index (χ4v) is 1.52. The molecule has 0 spiro atoms. The van der Waals surface area contributed by atoms with Crippen LogP contribution in [0.1, 0.15) is 6.42 Å². The van der Waals surface area contributed by atoms with Crippen LogP contribution < -0.4 is 0 Å². The number of benzene rings is 1. The first-order chi connectivity index (χ1) is 7.42. The Morgan fingerprint density at radius 2 is 2.00 bits per heavy atom. The standard InChI is InChI=1S/C12H11N3/c13-8-4-10-15-12(7-9-14-15)11-5-2-1-3-6-11/h1-3,5-7,9H,4,10H2. The zero-order valence-corrected chi connectivity index (χ0v) is 8.30. The van der Waals surface area contributed by atoms with Gasteiger partial charge < -0.3 is 0 Å². The van der Waals surface area contributed by atoms with Crippen molar-refractivity contribution in [3.8, 4) is 17.3 Å². The van der Waals surface area contributed by atoms with Crippen LogP contribution in [0.4, 0.5) is 0 Å². The van der Waals surface area contributed by atoms with Crippen LogP contribution in [-0.2, 0) is 6.54 Å². The Balaban J connectivity index is 2.30. The highest BCUT2D eigenvalue weighted by Gasteiger charge is 2.03. The maximum absolute atomic E-state index is 8.54. The molecule has 1 aromatic carbocycles. The first-order valence-electron chi connectivity index (χ1n) is 4.86. The maximum Gasteiger partial charge on any atom is 0.0682 e. The van der Waals surface area contributed by atoms with Crippen molar-refractivity contribution in [2.75, 3.05) is 0 Å². The third-order valence-corrected chi connectivity index (χ3v) is 2.22. The summed E-state index contributed by atoms with van der Waals surface area (Å²) in [5.41, 5.74) is 2.19. The Morgan fingerprint density at radius 3 is 2.73 bits per heavy atom. The van der Waals surface area contributed by atoms with Gasteiger partial charge in [-0.05, 0) is 11.6 Å². The zero-order valence-electron chi connectivity index (χ0n) is 8.30. The molecule has 2 aromatic rings. The molecule has 3 nitrogen and oxygen atoms in total. The van der Waals surface area contributed by atoms with E-state index in [0.717, 1.165) is 11.3 Å². The van der Waals surface area contributed by atoms with Gasteiger partial charge in [0.15, 0.2) is 0 Å². The fourth-order valence-electron chi connectivity index (χ4n) is 1.52. The molecule has 0 saturated heterocycles. The second-order valence-corrected chi connectivity index (χ2v) is 3.21. The molecule has 0 amide bonds. The molecule has 1 aromatic heterocycles. The lowest BCUT2D eigenvalue weighted by atomic mass is 10.1. The molecule has 1 heterocycles. The van der Waals surface area contributed by atoms with Gasteiger partial charge in [0.1, 0.15) is 0 Å². The minimum absolute atomic E-state index is 0.488. The van der Waals surface area contributed by atoms with Gasteiger partial charge in [0.05, 0.1) is 24.7 Å². The molecule has 0 fully saturated rings. The highest BCUT2D eigenvalue weighted by atomic mass is 15.3. The van der Waals surface area contributed by atoms with Crippen LogP contribution in [0, 0.1) is 11.3 Å². The second kappa shape index (κ2) is 4.43. The summed E-state index contributed by atoms with van der Waals surface area (Å²) in [4.78, 5) is 0. The van der Waals surface area contributed by atoms with Gasteiger partial charge in [-0.15, -0.1) is 0 Å². The Hall–Kier alpha value is -2.08. The number of aryl methyl sites for hydroxylation is 1. The molecule has 0 bridgehead atoms. The molecule has 15 heavy (non-hydrogen) atoms. The van der Waals surface area contributed by atoms with Gasteiger partial charge in [-0.2, -0.15) is 10.4 Å². The molecular formula is C12H11N3. The Morgan fingerprint density at radius 1 is 1.20 bits per heavy atom. The molecule has 0 aliphatic rings. The highest BCUT2D eigenvalue weighted by molar-refractivity contribution is 5.58. The fraction of sp³-hybridized carbons (Fsp3) is 0.167. The van der Waals surface area contributed by atoms with Gasteiger partial charge >= 0.3 is 0 Å². The van der Waals surface area contributed by atoms with E-state index in [1.165, 1.54) is 0 Å². The zero-order chi connectivity index (χ0) is 10.5. The lowest BCUT2D eigenvalue weighted by Gasteiger charge is -2.04. The molecule has 0 aliphatic heterocycles. The van der Waals surface area contributed by atoms with E-state index in [1.807, 2.05) is 41.1 Å². The lowest BCUT2D eigenvalue weighted by Crippen LogP contribution is -2.01. The Kier molecular flexibility index (Phi) is 2.80. The number of hydrogen-bond donors (Lipinski definition) is 0. The molecular weight excluding hydrogens is 186 g/mol. The van der Waals surface area contributed by atoms with Crippen molar-refractivity contribution in [2.24, 2.45) is 0 Å². The summed E-state index contributed by atoms with van der Waals surface area (Å²) in [5, 5.41) is 12.7. The summed E-state index contributed by atoms with van der Waals surface area (Å²) in [6, 6.07) is 14.2. The molecule has 0 unspecified atom stereocenters. The molecule has 0 N–H and O–H groups in total. The summed E-state index contributed by atoms with van der Waals surface area (Å²) in [5.74, 6) is 0. The predicted octanol–water partition coefficient (Wildman–Crippen LogP) is 2.46. The lowest BCUT2D eigenvalue weighted by molar-refractivity contribution is 0.634. The van der Waals surface area contributed by atoms with Gasteiger partial charge in [-0.25, -0.2) is 0 Å². The normalized spacial score (nSPS) is 9.80. The van der Waals surface area contributed by atoms with Crippen LogP contribution in [0.2, 0.25) is 0 Å². The number of aromatic nitrogens is 2. The van der Waals surface area contributed by atoms with Crippen LogP contribution in [0.15, 0.2) is 42.6 Å². The van der Waals surface area contributed by atoms with E-state index in [-0.39, 0.29) is 0 Å². The smallest absolute Gasteiger partial charge is 0.0682 e. The van der Waals surface area contributed by atoms with E-state index in [2.05, 4.69) is 11.2 Å². The van der Waals surface area contributed by atoms with Crippen LogP contribution in [0.3, 0.4) is 0 Å². The third-order valence-electron chi connectivity index (χ3n) is 2.22. The van der Waals surface area contributed by atoms with Crippen LogP contribution in [-0.4, -0.2) is 9.78 Å². The Labute approximate surface area is 88.6 Å². The van der Waals surface area contributed by atoms with Gasteiger partial charge in [-0.3, -0.25) is 4.68 Å². The molecule has 3 heteroatoms. The largest absolute Gasteiger partial charge is 0.264 e. The number of nitrogens with zero attached hydrogens (tertiary/aromatic N) is 3. The molecule has 0 atom stereocenters. The van der Waals surface area contributed by atoms with Gasteiger partial charge in [0.25, 0.3) is 0 Å². The summed E-state index contributed by atoms with van der Waals surface area (Å²) < 4.78 is 1.86. The van der Waals surface area contributed by atoms with E-state index in [4.69, 9.17) is 5.26 Å². The quantitative estimate of drug-likeness (QED) is 0.758. The first-order valence-corrected chi connectivity index (χ1v) is 4.86. The third kappa shape index (κ3) is 2.05. The minimum atomic E-state index is 0.488. The van der Waals surface area contributed by atoms with Gasteiger partial charge in [-0.1, -0.05) is 30.3 Å². The van der Waals surface area contributed by atoms with Crippen LogP contribution in [0.5, 0.6) is 0 Å². The van der Waals surface area contributed by atoms with Crippen molar-refractivity contribution in [3.05, 3.63) is 42.6 Å². The van der Waals surface area contributed by atoms with Crippen molar-refractivity contribution in [3.63, 3.8) is 0 Å². The summed E-state index contributed by atoms with van der Waals surface area (Å²) in [7, 11) is 0. The van der Waals surface area contributed by atoms with Crippen molar-refractivity contribution in [1.82, 2.24) is 9.78 Å². The molecule has 74 valence electrons. The van der Waals surface area contributed by atoms with Crippen molar-refractivity contribution >= 4 is 0 Å².